The Kier molecular flexibility index (Phi) is 3.76. The molecule has 6 heteroatoms. The van der Waals surface area contributed by atoms with Crippen LogP contribution in [-0.4, -0.2) is 14.0 Å². The average Bonchev–Trinajstić information content (AvgIpc) is 2.28. The van der Waals surface area contributed by atoms with Crippen molar-refractivity contribution in [3.63, 3.8) is 0 Å². The van der Waals surface area contributed by atoms with Gasteiger partial charge in [-0.1, -0.05) is 6.07 Å². The number of nitrogens with zero attached hydrogens (tertiary/aromatic N) is 2. The summed E-state index contributed by atoms with van der Waals surface area (Å²) in [6, 6.07) is 8.15. The van der Waals surface area contributed by atoms with E-state index in [0.717, 1.165) is 0 Å². The highest BCUT2D eigenvalue weighted by atomic mass is 32.2. The van der Waals surface area contributed by atoms with Gasteiger partial charge >= 0.3 is 0 Å². The zero-order chi connectivity index (χ0) is 14.0. The van der Waals surface area contributed by atoms with Crippen LogP contribution in [0.5, 0.6) is 0 Å². The molecule has 0 bridgehead atoms. The Bertz CT molecular complexity index is 649. The second-order valence-corrected chi connectivity index (χ2v) is 6.09. The van der Waals surface area contributed by atoms with Crippen LogP contribution in [0, 0.1) is 29.6 Å². The van der Waals surface area contributed by atoms with E-state index in [9.17, 15) is 8.42 Å². The Morgan fingerprint density at radius 3 is 2.39 bits per heavy atom. The van der Waals surface area contributed by atoms with Crippen LogP contribution < -0.4 is 4.72 Å². The van der Waals surface area contributed by atoms with Crippen molar-refractivity contribution < 1.29 is 8.42 Å². The minimum absolute atomic E-state index is 0.0184. The van der Waals surface area contributed by atoms with Crippen molar-refractivity contribution in [3.8, 4) is 12.1 Å². The lowest BCUT2D eigenvalue weighted by molar-refractivity contribution is 0.535. The van der Waals surface area contributed by atoms with E-state index in [0.29, 0.717) is 5.56 Å². The first kappa shape index (κ1) is 14.2. The summed E-state index contributed by atoms with van der Waals surface area (Å²) >= 11 is 0. The lowest BCUT2D eigenvalue weighted by atomic mass is 10.1. The van der Waals surface area contributed by atoms with Crippen molar-refractivity contribution in [2.24, 2.45) is 0 Å². The molecule has 0 heterocycles. The summed E-state index contributed by atoms with van der Waals surface area (Å²) in [7, 11) is -3.82. The smallest absolute Gasteiger partial charge is 0.207 e. The van der Waals surface area contributed by atoms with Crippen molar-refractivity contribution in [1.29, 1.82) is 10.5 Å². The maximum atomic E-state index is 12.1. The quantitative estimate of drug-likeness (QED) is 0.893. The first-order chi connectivity index (χ1) is 8.22. The largest absolute Gasteiger partial charge is 0.242 e. The van der Waals surface area contributed by atoms with Gasteiger partial charge in [0.15, 0.2) is 0 Å². The number of hydrogen-bond donors (Lipinski definition) is 1. The number of hydrogen-bond acceptors (Lipinski definition) is 4. The predicted octanol–water partition coefficient (Wildman–Crippen LogP) is 1.45. The molecule has 1 rings (SSSR count). The first-order valence-electron chi connectivity index (χ1n) is 5.18. The van der Waals surface area contributed by atoms with Crippen LogP contribution in [-0.2, 0) is 10.0 Å². The highest BCUT2D eigenvalue weighted by Crippen LogP contribution is 2.18. The Morgan fingerprint density at radius 2 is 1.89 bits per heavy atom. The van der Waals surface area contributed by atoms with Gasteiger partial charge in [0.1, 0.15) is 5.54 Å². The van der Waals surface area contributed by atoms with E-state index in [-0.39, 0.29) is 10.5 Å². The maximum Gasteiger partial charge on any atom is 0.242 e. The molecule has 0 saturated heterocycles. The molecule has 0 aliphatic heterocycles. The molecule has 0 aromatic heterocycles. The van der Waals surface area contributed by atoms with Gasteiger partial charge in [-0.05, 0) is 38.5 Å². The molecule has 0 spiro atoms. The molecule has 94 valence electrons. The molecule has 1 aromatic carbocycles. The van der Waals surface area contributed by atoms with Gasteiger partial charge in [0, 0.05) is 0 Å². The summed E-state index contributed by atoms with van der Waals surface area (Å²) in [6.45, 7) is 4.57. The van der Waals surface area contributed by atoms with Gasteiger partial charge in [0.25, 0.3) is 0 Å². The zero-order valence-corrected chi connectivity index (χ0v) is 11.2. The van der Waals surface area contributed by atoms with Crippen LogP contribution in [0.3, 0.4) is 0 Å². The molecule has 0 radical (unpaired) electrons. The maximum absolute atomic E-state index is 12.1. The molecule has 0 aliphatic rings. The van der Waals surface area contributed by atoms with Crippen molar-refractivity contribution in [3.05, 3.63) is 29.3 Å². The topological polar surface area (TPSA) is 93.8 Å². The molecule has 18 heavy (non-hydrogen) atoms. The van der Waals surface area contributed by atoms with Crippen molar-refractivity contribution >= 4 is 10.0 Å². The molecule has 0 unspecified atom stereocenters. The number of rotatable bonds is 3. The van der Waals surface area contributed by atoms with Gasteiger partial charge in [-0.25, -0.2) is 8.42 Å². The van der Waals surface area contributed by atoms with E-state index in [4.69, 9.17) is 10.5 Å². The SMILES string of the molecule is Cc1ccc(C#N)cc1S(=O)(=O)NC(C)(C)C#N. The van der Waals surface area contributed by atoms with Crippen molar-refractivity contribution in [1.82, 2.24) is 4.72 Å². The predicted molar refractivity (Wildman–Crippen MR) is 65.9 cm³/mol. The van der Waals surface area contributed by atoms with Gasteiger partial charge < -0.3 is 0 Å². The third-order valence-electron chi connectivity index (χ3n) is 2.28. The van der Waals surface area contributed by atoms with Crippen LogP contribution in [0.15, 0.2) is 23.1 Å². The van der Waals surface area contributed by atoms with E-state index in [1.54, 1.807) is 19.1 Å². The molecular weight excluding hydrogens is 250 g/mol. The molecule has 5 nitrogen and oxygen atoms in total. The Morgan fingerprint density at radius 1 is 1.28 bits per heavy atom. The van der Waals surface area contributed by atoms with Crippen LogP contribution in [0.4, 0.5) is 0 Å². The average molecular weight is 263 g/mol. The first-order valence-corrected chi connectivity index (χ1v) is 6.66. The fourth-order valence-corrected chi connectivity index (χ4v) is 2.97. The summed E-state index contributed by atoms with van der Waals surface area (Å²) in [5.74, 6) is 0. The van der Waals surface area contributed by atoms with Crippen LogP contribution in [0.1, 0.15) is 25.0 Å². The molecule has 1 aromatic rings. The van der Waals surface area contributed by atoms with Crippen molar-refractivity contribution in [2.75, 3.05) is 0 Å². The molecule has 0 fully saturated rings. The van der Waals surface area contributed by atoms with Gasteiger partial charge in [-0.2, -0.15) is 15.2 Å². The molecule has 1 N–H and O–H groups in total. The van der Waals surface area contributed by atoms with E-state index < -0.39 is 15.6 Å². The summed E-state index contributed by atoms with van der Waals surface area (Å²) in [6.07, 6.45) is 0. The summed E-state index contributed by atoms with van der Waals surface area (Å²) in [4.78, 5) is 0.0184. The van der Waals surface area contributed by atoms with E-state index in [2.05, 4.69) is 4.72 Å². The molecule has 0 aliphatic carbocycles. The van der Waals surface area contributed by atoms with E-state index in [1.165, 1.54) is 19.9 Å². The Balaban J connectivity index is 3.31. The summed E-state index contributed by atoms with van der Waals surface area (Å²) < 4.78 is 26.5. The van der Waals surface area contributed by atoms with Gasteiger partial charge in [0.2, 0.25) is 10.0 Å². The van der Waals surface area contributed by atoms with E-state index >= 15 is 0 Å². The third-order valence-corrected chi connectivity index (χ3v) is 4.07. The van der Waals surface area contributed by atoms with Gasteiger partial charge in [-0.3, -0.25) is 0 Å². The minimum atomic E-state index is -3.82. The molecule has 0 atom stereocenters. The van der Waals surface area contributed by atoms with Crippen LogP contribution >= 0.6 is 0 Å². The highest BCUT2D eigenvalue weighted by Gasteiger charge is 2.27. The second kappa shape index (κ2) is 4.77. The number of nitrogens with one attached hydrogen (secondary N) is 1. The van der Waals surface area contributed by atoms with Crippen molar-refractivity contribution in [2.45, 2.75) is 31.2 Å². The lowest BCUT2D eigenvalue weighted by Crippen LogP contribution is -2.42. The lowest BCUT2D eigenvalue weighted by Gasteiger charge is -2.18. The fraction of sp³-hybridized carbons (Fsp3) is 0.333. The second-order valence-electron chi connectivity index (χ2n) is 4.43. The number of nitriles is 2. The van der Waals surface area contributed by atoms with Gasteiger partial charge in [-0.15, -0.1) is 0 Å². The highest BCUT2D eigenvalue weighted by molar-refractivity contribution is 7.89. The Labute approximate surface area is 107 Å². The monoisotopic (exact) mass is 263 g/mol. The standard InChI is InChI=1S/C12H13N3O2S/c1-9-4-5-10(7-13)6-11(9)18(16,17)15-12(2,3)8-14/h4-6,15H,1-3H3. The minimum Gasteiger partial charge on any atom is -0.207 e. The molecular formula is C12H13N3O2S. The molecule has 0 amide bonds. The number of sulfonamides is 1. The fourth-order valence-electron chi connectivity index (χ4n) is 1.37. The van der Waals surface area contributed by atoms with Crippen LogP contribution in [0.25, 0.3) is 0 Å². The van der Waals surface area contributed by atoms with Crippen LogP contribution in [0.2, 0.25) is 0 Å². The zero-order valence-electron chi connectivity index (χ0n) is 10.4. The number of aryl methyl sites for hydroxylation is 1. The summed E-state index contributed by atoms with van der Waals surface area (Å²) in [5, 5.41) is 17.6. The summed E-state index contributed by atoms with van der Waals surface area (Å²) in [5.41, 5.74) is -0.417. The Hall–Kier alpha value is -1.89. The van der Waals surface area contributed by atoms with E-state index in [1.807, 2.05) is 12.1 Å². The third kappa shape index (κ3) is 3.07. The normalized spacial score (nSPS) is 11.6. The van der Waals surface area contributed by atoms with Gasteiger partial charge in [0.05, 0.1) is 22.6 Å². The number of benzene rings is 1. The molecule has 0 saturated carbocycles.